The highest BCUT2D eigenvalue weighted by Crippen LogP contribution is 2.49. The maximum absolute atomic E-state index is 2.74. The van der Waals surface area contributed by atoms with Crippen molar-refractivity contribution in [2.75, 3.05) is 33.7 Å². The third kappa shape index (κ3) is 2.49. The molecule has 1 aliphatic carbocycles. The number of hydrogen-bond donors (Lipinski definition) is 0. The summed E-state index contributed by atoms with van der Waals surface area (Å²) in [6, 6.07) is 18.8. The van der Waals surface area contributed by atoms with E-state index in [1.54, 1.807) is 11.1 Å². The van der Waals surface area contributed by atoms with Gasteiger partial charge in [-0.15, -0.1) is 0 Å². The average Bonchev–Trinajstić information content (AvgIpc) is 2.77. The summed E-state index contributed by atoms with van der Waals surface area (Å²) in [5.74, 6) is 0. The summed E-state index contributed by atoms with van der Waals surface area (Å²) in [5, 5.41) is 0. The molecule has 2 aromatic rings. The molecule has 2 heterocycles. The molecule has 5 rings (SSSR count). The molecule has 2 nitrogen and oxygen atoms in total. The fourth-order valence-electron chi connectivity index (χ4n) is 4.83. The van der Waals surface area contributed by atoms with Crippen molar-refractivity contribution in [2.24, 2.45) is 0 Å². The largest absolute Gasteiger partial charge is 0.309 e. The Morgan fingerprint density at radius 3 is 2.54 bits per heavy atom. The van der Waals surface area contributed by atoms with Crippen molar-refractivity contribution < 1.29 is 0 Å². The van der Waals surface area contributed by atoms with Gasteiger partial charge >= 0.3 is 0 Å². The minimum atomic E-state index is 0.109. The van der Waals surface area contributed by atoms with Crippen molar-refractivity contribution in [3.8, 4) is 0 Å². The molecule has 24 heavy (non-hydrogen) atoms. The molecule has 2 heteroatoms. The lowest BCUT2D eigenvalue weighted by Gasteiger charge is -2.44. The molecular formula is C22H28N2. The SMILES string of the molecule is CN(C)CCCN1CC2(C)c3ccccc3CC1c1ccccc12. The van der Waals surface area contributed by atoms with E-state index in [-0.39, 0.29) is 5.41 Å². The van der Waals surface area contributed by atoms with Crippen LogP contribution in [0, 0.1) is 0 Å². The van der Waals surface area contributed by atoms with E-state index >= 15 is 0 Å². The second kappa shape index (κ2) is 6.02. The molecule has 2 aromatic carbocycles. The quantitative estimate of drug-likeness (QED) is 0.844. The fourth-order valence-corrected chi connectivity index (χ4v) is 4.83. The van der Waals surface area contributed by atoms with Crippen molar-refractivity contribution in [2.45, 2.75) is 31.2 Å². The van der Waals surface area contributed by atoms with E-state index in [2.05, 4.69) is 79.3 Å². The molecule has 126 valence electrons. The standard InChI is InChI=1S/C22H28N2/c1-22-16-24(14-8-13-23(2)3)21(18-10-5-7-12-20(18)22)15-17-9-4-6-11-19(17)22/h4-7,9-12,21H,8,13-16H2,1-3H3. The van der Waals surface area contributed by atoms with Crippen molar-refractivity contribution in [1.82, 2.24) is 9.80 Å². The second-order valence-electron chi connectivity index (χ2n) is 7.92. The van der Waals surface area contributed by atoms with Crippen LogP contribution < -0.4 is 0 Å². The topological polar surface area (TPSA) is 6.48 Å². The first-order valence-corrected chi connectivity index (χ1v) is 9.16. The van der Waals surface area contributed by atoms with Gasteiger partial charge < -0.3 is 4.90 Å². The van der Waals surface area contributed by atoms with Crippen LogP contribution in [-0.4, -0.2) is 43.5 Å². The van der Waals surface area contributed by atoms with Crippen molar-refractivity contribution in [3.05, 3.63) is 70.8 Å². The van der Waals surface area contributed by atoms with Gasteiger partial charge in [0.1, 0.15) is 0 Å². The Labute approximate surface area is 146 Å². The number of rotatable bonds is 4. The predicted molar refractivity (Wildman–Crippen MR) is 101 cm³/mol. The Kier molecular flexibility index (Phi) is 3.98. The first-order valence-electron chi connectivity index (χ1n) is 9.16. The highest BCUT2D eigenvalue weighted by Gasteiger charge is 2.45. The van der Waals surface area contributed by atoms with Gasteiger partial charge in [0.05, 0.1) is 0 Å². The van der Waals surface area contributed by atoms with Gasteiger partial charge in [-0.2, -0.15) is 0 Å². The zero-order valence-corrected chi connectivity index (χ0v) is 15.1. The molecule has 0 spiro atoms. The minimum Gasteiger partial charge on any atom is -0.309 e. The summed E-state index contributed by atoms with van der Waals surface area (Å²) in [6.45, 7) is 5.93. The molecule has 0 aromatic heterocycles. The monoisotopic (exact) mass is 320 g/mol. The molecule has 3 aliphatic rings. The van der Waals surface area contributed by atoms with Crippen molar-refractivity contribution >= 4 is 0 Å². The molecule has 0 radical (unpaired) electrons. The van der Waals surface area contributed by atoms with Gasteiger partial charge in [0.25, 0.3) is 0 Å². The van der Waals surface area contributed by atoms with E-state index in [1.807, 2.05) is 0 Å². The Morgan fingerprint density at radius 2 is 1.75 bits per heavy atom. The van der Waals surface area contributed by atoms with E-state index < -0.39 is 0 Å². The fraction of sp³-hybridized carbons (Fsp3) is 0.455. The van der Waals surface area contributed by atoms with Crippen molar-refractivity contribution in [1.29, 1.82) is 0 Å². The van der Waals surface area contributed by atoms with Crippen LogP contribution in [-0.2, 0) is 11.8 Å². The van der Waals surface area contributed by atoms with E-state index in [0.29, 0.717) is 6.04 Å². The normalized spacial score (nSPS) is 25.4. The van der Waals surface area contributed by atoms with E-state index in [1.165, 1.54) is 24.1 Å². The summed E-state index contributed by atoms with van der Waals surface area (Å²) >= 11 is 0. The summed E-state index contributed by atoms with van der Waals surface area (Å²) in [7, 11) is 4.34. The molecule has 0 saturated carbocycles. The molecule has 0 amide bonds. The van der Waals surface area contributed by atoms with Crippen LogP contribution in [0.5, 0.6) is 0 Å². The summed E-state index contributed by atoms with van der Waals surface area (Å²) in [6.07, 6.45) is 2.38. The van der Waals surface area contributed by atoms with Gasteiger partial charge in [0, 0.05) is 24.5 Å². The molecule has 0 saturated heterocycles. The van der Waals surface area contributed by atoms with Gasteiger partial charge in [-0.3, -0.25) is 4.90 Å². The smallest absolute Gasteiger partial charge is 0.0392 e. The lowest BCUT2D eigenvalue weighted by atomic mass is 9.72. The highest BCUT2D eigenvalue weighted by atomic mass is 15.2. The summed E-state index contributed by atoms with van der Waals surface area (Å²) in [5.41, 5.74) is 6.28. The minimum absolute atomic E-state index is 0.109. The van der Waals surface area contributed by atoms with Crippen LogP contribution in [0.2, 0.25) is 0 Å². The van der Waals surface area contributed by atoms with Crippen LogP contribution in [0.3, 0.4) is 0 Å². The van der Waals surface area contributed by atoms with E-state index in [9.17, 15) is 0 Å². The van der Waals surface area contributed by atoms with E-state index in [4.69, 9.17) is 0 Å². The Hall–Kier alpha value is -1.64. The molecule has 2 atom stereocenters. The molecule has 2 aliphatic heterocycles. The zero-order valence-electron chi connectivity index (χ0n) is 15.1. The average molecular weight is 320 g/mol. The summed E-state index contributed by atoms with van der Waals surface area (Å²) < 4.78 is 0. The number of benzene rings is 2. The molecule has 0 N–H and O–H groups in total. The van der Waals surface area contributed by atoms with Gasteiger partial charge in [-0.25, -0.2) is 0 Å². The third-order valence-electron chi connectivity index (χ3n) is 5.95. The number of fused-ring (bicyclic) bond motifs is 1. The van der Waals surface area contributed by atoms with E-state index in [0.717, 1.165) is 19.5 Å². The maximum atomic E-state index is 2.74. The van der Waals surface area contributed by atoms with Crippen LogP contribution in [0.1, 0.15) is 41.6 Å². The second-order valence-corrected chi connectivity index (χ2v) is 7.92. The predicted octanol–water partition coefficient (Wildman–Crippen LogP) is 3.86. The molecule has 2 bridgehead atoms. The zero-order chi connectivity index (χ0) is 16.7. The van der Waals surface area contributed by atoms with Crippen molar-refractivity contribution in [3.63, 3.8) is 0 Å². The maximum Gasteiger partial charge on any atom is 0.0392 e. The van der Waals surface area contributed by atoms with Crippen LogP contribution in [0.15, 0.2) is 48.5 Å². The first kappa shape index (κ1) is 15.9. The Morgan fingerprint density at radius 1 is 1.04 bits per heavy atom. The van der Waals surface area contributed by atoms with Gasteiger partial charge in [-0.05, 0) is 55.7 Å². The third-order valence-corrected chi connectivity index (χ3v) is 5.95. The van der Waals surface area contributed by atoms with Gasteiger partial charge in [-0.1, -0.05) is 55.5 Å². The number of nitrogens with zero attached hydrogens (tertiary/aromatic N) is 2. The molecule has 0 fully saturated rings. The first-order chi connectivity index (χ1) is 11.6. The van der Waals surface area contributed by atoms with Crippen LogP contribution in [0.25, 0.3) is 0 Å². The van der Waals surface area contributed by atoms with Crippen LogP contribution >= 0.6 is 0 Å². The molecular weight excluding hydrogens is 292 g/mol. The Bertz CT molecular complexity index is 736. The highest BCUT2D eigenvalue weighted by molar-refractivity contribution is 5.53. The number of hydrogen-bond acceptors (Lipinski definition) is 2. The summed E-state index contributed by atoms with van der Waals surface area (Å²) in [4.78, 5) is 5.03. The van der Waals surface area contributed by atoms with Gasteiger partial charge in [0.15, 0.2) is 0 Å². The molecule has 2 unspecified atom stereocenters. The van der Waals surface area contributed by atoms with Gasteiger partial charge in [0.2, 0.25) is 0 Å². The van der Waals surface area contributed by atoms with Crippen LogP contribution in [0.4, 0.5) is 0 Å². The lowest BCUT2D eigenvalue weighted by molar-refractivity contribution is 0.149. The Balaban J connectivity index is 1.76. The lowest BCUT2D eigenvalue weighted by Crippen LogP contribution is -2.46.